The third-order valence-electron chi connectivity index (χ3n) is 4.59. The van der Waals surface area contributed by atoms with Crippen LogP contribution >= 0.6 is 0 Å². The maximum atomic E-state index is 12.7. The van der Waals surface area contributed by atoms with Gasteiger partial charge >= 0.3 is 5.97 Å². The highest BCUT2D eigenvalue weighted by molar-refractivity contribution is 6.21. The van der Waals surface area contributed by atoms with Crippen LogP contribution in [0.1, 0.15) is 34.6 Å². The van der Waals surface area contributed by atoms with E-state index in [9.17, 15) is 24.5 Å². The summed E-state index contributed by atoms with van der Waals surface area (Å²) in [4.78, 5) is 48.9. The summed E-state index contributed by atoms with van der Waals surface area (Å²) >= 11 is 0. The van der Waals surface area contributed by atoms with Crippen molar-refractivity contribution in [3.63, 3.8) is 0 Å². The predicted octanol–water partition coefficient (Wildman–Crippen LogP) is 1.13. The summed E-state index contributed by atoms with van der Waals surface area (Å²) in [5, 5.41) is 10.9. The Morgan fingerprint density at radius 2 is 1.93 bits per heavy atom. The molecular weight excluding hydrogens is 360 g/mol. The molecule has 0 radical (unpaired) electrons. The molecule has 0 bridgehead atoms. The molecule has 2 heterocycles. The van der Waals surface area contributed by atoms with Gasteiger partial charge in [-0.2, -0.15) is 0 Å². The Hall–Kier alpha value is -2.85. The van der Waals surface area contributed by atoms with Crippen molar-refractivity contribution in [2.45, 2.75) is 19.6 Å². The standard InChI is InChI=1S/C17H18N2O8/c1-3-25-16(22)13(17(2)26-6-7-27-17)9-18-14(20)11-5-4-10(19(23)24)8-12(11)15(18)21/h4-5,8,13H,3,6-7,9H2,1-2H3. The van der Waals surface area contributed by atoms with E-state index in [1.54, 1.807) is 13.8 Å². The number of nitro groups is 1. The lowest BCUT2D eigenvalue weighted by molar-refractivity contribution is -0.384. The second kappa shape index (κ2) is 7.05. The number of benzene rings is 1. The molecule has 10 nitrogen and oxygen atoms in total. The number of nitrogens with zero attached hydrogens (tertiary/aromatic N) is 2. The summed E-state index contributed by atoms with van der Waals surface area (Å²) in [5.41, 5.74) is -0.324. The van der Waals surface area contributed by atoms with E-state index in [1.807, 2.05) is 0 Å². The lowest BCUT2D eigenvalue weighted by Gasteiger charge is -2.32. The van der Waals surface area contributed by atoms with Crippen molar-refractivity contribution in [3.8, 4) is 0 Å². The Bertz CT molecular complexity index is 815. The predicted molar refractivity (Wildman–Crippen MR) is 88.9 cm³/mol. The average molecular weight is 378 g/mol. The fourth-order valence-corrected chi connectivity index (χ4v) is 3.17. The fourth-order valence-electron chi connectivity index (χ4n) is 3.17. The summed E-state index contributed by atoms with van der Waals surface area (Å²) in [7, 11) is 0. The Labute approximate surface area is 154 Å². The van der Waals surface area contributed by atoms with E-state index in [-0.39, 0.29) is 43.2 Å². The molecule has 0 N–H and O–H groups in total. The number of non-ortho nitro benzene ring substituents is 1. The van der Waals surface area contributed by atoms with Crippen molar-refractivity contribution in [2.75, 3.05) is 26.4 Å². The largest absolute Gasteiger partial charge is 0.466 e. The normalized spacial score (nSPS) is 19.1. The summed E-state index contributed by atoms with van der Waals surface area (Å²) in [6.45, 7) is 3.50. The van der Waals surface area contributed by atoms with Crippen LogP contribution < -0.4 is 0 Å². The summed E-state index contributed by atoms with van der Waals surface area (Å²) in [5.74, 6) is -4.41. The van der Waals surface area contributed by atoms with Crippen LogP contribution in [-0.4, -0.2) is 59.8 Å². The number of hydrogen-bond donors (Lipinski definition) is 0. The van der Waals surface area contributed by atoms with Gasteiger partial charge in [0.1, 0.15) is 5.92 Å². The molecular formula is C17H18N2O8. The van der Waals surface area contributed by atoms with Crippen molar-refractivity contribution in [3.05, 3.63) is 39.4 Å². The van der Waals surface area contributed by atoms with Gasteiger partial charge in [-0.15, -0.1) is 0 Å². The van der Waals surface area contributed by atoms with Gasteiger partial charge in [0.15, 0.2) is 5.79 Å². The van der Waals surface area contributed by atoms with Crippen LogP contribution in [0.15, 0.2) is 18.2 Å². The second-order valence-corrected chi connectivity index (χ2v) is 6.23. The number of carbonyl (C=O) groups excluding carboxylic acids is 3. The smallest absolute Gasteiger partial charge is 0.316 e. The average Bonchev–Trinajstić information content (AvgIpc) is 3.16. The number of ether oxygens (including phenoxy) is 3. The lowest BCUT2D eigenvalue weighted by atomic mass is 9.99. The van der Waals surface area contributed by atoms with Crippen molar-refractivity contribution in [1.82, 2.24) is 4.90 Å². The molecule has 2 aliphatic rings. The van der Waals surface area contributed by atoms with Gasteiger partial charge in [-0.3, -0.25) is 29.4 Å². The van der Waals surface area contributed by atoms with Crippen molar-refractivity contribution >= 4 is 23.5 Å². The van der Waals surface area contributed by atoms with Gasteiger partial charge in [0, 0.05) is 18.7 Å². The molecule has 1 atom stereocenters. The highest BCUT2D eigenvalue weighted by atomic mass is 16.7. The first-order chi connectivity index (χ1) is 12.8. The lowest BCUT2D eigenvalue weighted by Crippen LogP contribution is -2.49. The zero-order valence-electron chi connectivity index (χ0n) is 14.8. The van der Waals surface area contributed by atoms with Gasteiger partial charge in [0.2, 0.25) is 0 Å². The molecule has 1 aromatic carbocycles. The molecule has 0 spiro atoms. The Morgan fingerprint density at radius 1 is 1.30 bits per heavy atom. The number of amides is 2. The van der Waals surface area contributed by atoms with Gasteiger partial charge in [-0.05, 0) is 19.9 Å². The first kappa shape index (κ1) is 18.9. The monoisotopic (exact) mass is 378 g/mol. The van der Waals surface area contributed by atoms with E-state index >= 15 is 0 Å². The van der Waals surface area contributed by atoms with Crippen LogP contribution in [0, 0.1) is 16.0 Å². The summed E-state index contributed by atoms with van der Waals surface area (Å²) in [6.07, 6.45) is 0. The molecule has 27 heavy (non-hydrogen) atoms. The zero-order valence-corrected chi connectivity index (χ0v) is 14.8. The third-order valence-corrected chi connectivity index (χ3v) is 4.59. The van der Waals surface area contributed by atoms with Crippen LogP contribution in [0.2, 0.25) is 0 Å². The van der Waals surface area contributed by atoms with E-state index in [1.165, 1.54) is 6.07 Å². The number of fused-ring (bicyclic) bond motifs is 1. The Balaban J connectivity index is 1.90. The minimum Gasteiger partial charge on any atom is -0.466 e. The highest BCUT2D eigenvalue weighted by Crippen LogP contribution is 2.33. The molecule has 0 aromatic heterocycles. The SMILES string of the molecule is CCOC(=O)C(CN1C(=O)c2ccc([N+](=O)[O-])cc2C1=O)C1(C)OCCO1. The van der Waals surface area contributed by atoms with Gasteiger partial charge in [0.25, 0.3) is 17.5 Å². The van der Waals surface area contributed by atoms with E-state index in [0.717, 1.165) is 17.0 Å². The van der Waals surface area contributed by atoms with Crippen molar-refractivity contribution < 1.29 is 33.5 Å². The molecule has 0 saturated carbocycles. The number of hydrogen-bond acceptors (Lipinski definition) is 8. The van der Waals surface area contributed by atoms with E-state index < -0.39 is 34.4 Å². The van der Waals surface area contributed by atoms with Gasteiger partial charge < -0.3 is 14.2 Å². The third kappa shape index (κ3) is 3.28. The van der Waals surface area contributed by atoms with Crippen LogP contribution in [0.25, 0.3) is 0 Å². The number of carbonyl (C=O) groups is 3. The number of esters is 1. The zero-order chi connectivity index (χ0) is 19.8. The molecule has 1 aromatic rings. The molecule has 2 amide bonds. The second-order valence-electron chi connectivity index (χ2n) is 6.23. The molecule has 3 rings (SSSR count). The quantitative estimate of drug-likeness (QED) is 0.312. The molecule has 1 saturated heterocycles. The maximum absolute atomic E-state index is 12.7. The topological polar surface area (TPSA) is 125 Å². The number of nitro benzene ring substituents is 1. The minimum atomic E-state index is -1.34. The molecule has 0 aliphatic carbocycles. The van der Waals surface area contributed by atoms with Crippen LogP contribution in [0.5, 0.6) is 0 Å². The molecule has 2 aliphatic heterocycles. The first-order valence-electron chi connectivity index (χ1n) is 8.37. The summed E-state index contributed by atoms with van der Waals surface area (Å²) < 4.78 is 16.1. The summed E-state index contributed by atoms with van der Waals surface area (Å²) in [6, 6.07) is 3.44. The van der Waals surface area contributed by atoms with Crippen LogP contribution in [0.4, 0.5) is 5.69 Å². The van der Waals surface area contributed by atoms with E-state index in [4.69, 9.17) is 14.2 Å². The van der Waals surface area contributed by atoms with Crippen LogP contribution in [0.3, 0.4) is 0 Å². The molecule has 10 heteroatoms. The van der Waals surface area contributed by atoms with Gasteiger partial charge in [-0.1, -0.05) is 0 Å². The van der Waals surface area contributed by atoms with E-state index in [0.29, 0.717) is 0 Å². The van der Waals surface area contributed by atoms with Crippen molar-refractivity contribution in [2.24, 2.45) is 5.92 Å². The first-order valence-corrected chi connectivity index (χ1v) is 8.37. The highest BCUT2D eigenvalue weighted by Gasteiger charge is 2.49. The molecule has 1 fully saturated rings. The van der Waals surface area contributed by atoms with Crippen LogP contribution in [-0.2, 0) is 19.0 Å². The van der Waals surface area contributed by atoms with Gasteiger partial charge in [0.05, 0.1) is 35.9 Å². The van der Waals surface area contributed by atoms with Gasteiger partial charge in [-0.25, -0.2) is 0 Å². The van der Waals surface area contributed by atoms with Crippen molar-refractivity contribution in [1.29, 1.82) is 0 Å². The minimum absolute atomic E-state index is 0.0478. The number of rotatable bonds is 6. The Kier molecular flexibility index (Phi) is 4.94. The number of imide groups is 1. The molecule has 144 valence electrons. The Morgan fingerprint density at radius 3 is 2.52 bits per heavy atom. The maximum Gasteiger partial charge on any atom is 0.316 e. The van der Waals surface area contributed by atoms with E-state index in [2.05, 4.69) is 0 Å². The fraction of sp³-hybridized carbons (Fsp3) is 0.471. The molecule has 1 unspecified atom stereocenters.